The van der Waals surface area contributed by atoms with Crippen LogP contribution in [0.4, 0.5) is 0 Å². The Kier molecular flexibility index (Phi) is 3.41. The summed E-state index contributed by atoms with van der Waals surface area (Å²) in [5, 5.41) is 7.50. The van der Waals surface area contributed by atoms with Crippen LogP contribution in [0.2, 0.25) is 0 Å². The van der Waals surface area contributed by atoms with Crippen LogP contribution in [0.3, 0.4) is 0 Å². The molecule has 6 nitrogen and oxygen atoms in total. The number of hydrogen-bond acceptors (Lipinski definition) is 7. The van der Waals surface area contributed by atoms with Gasteiger partial charge in [0.15, 0.2) is 0 Å². The fourth-order valence-corrected chi connectivity index (χ4v) is 2.95. The third-order valence-electron chi connectivity index (χ3n) is 2.61. The smallest absolute Gasteiger partial charge is 0.284 e. The van der Waals surface area contributed by atoms with Crippen molar-refractivity contribution in [2.75, 3.05) is 0 Å². The molecule has 0 aliphatic heterocycles. The molecule has 8 heteroatoms. The Balaban J connectivity index is 2.14. The fourth-order valence-electron chi connectivity index (χ4n) is 1.72. The van der Waals surface area contributed by atoms with E-state index < -0.39 is 0 Å². The van der Waals surface area contributed by atoms with Gasteiger partial charge in [0.1, 0.15) is 15.6 Å². The molecular weight excluding hydrogens is 294 g/mol. The molecule has 0 aromatic carbocycles. The van der Waals surface area contributed by atoms with Crippen LogP contribution in [0.25, 0.3) is 21.5 Å². The van der Waals surface area contributed by atoms with Gasteiger partial charge in [0.2, 0.25) is 0 Å². The lowest BCUT2D eigenvalue weighted by Gasteiger charge is -2.00. The van der Waals surface area contributed by atoms with Crippen LogP contribution < -0.4 is 0 Å². The van der Waals surface area contributed by atoms with Gasteiger partial charge < -0.3 is 4.42 Å². The Bertz CT molecular complexity index is 775. The van der Waals surface area contributed by atoms with Crippen molar-refractivity contribution in [1.82, 2.24) is 25.1 Å². The van der Waals surface area contributed by atoms with E-state index >= 15 is 0 Å². The summed E-state index contributed by atoms with van der Waals surface area (Å²) in [6.07, 6.45) is 4.96. The predicted octanol–water partition coefficient (Wildman–Crippen LogP) is 3.44. The average Bonchev–Trinajstić information content (AvgIpc) is 3.05. The second-order valence-electron chi connectivity index (χ2n) is 4.40. The summed E-state index contributed by atoms with van der Waals surface area (Å²) in [4.78, 5) is 14.1. The van der Waals surface area contributed by atoms with Crippen molar-refractivity contribution in [3.8, 4) is 21.5 Å². The van der Waals surface area contributed by atoms with E-state index in [-0.39, 0.29) is 10.8 Å². The van der Waals surface area contributed by atoms with Crippen LogP contribution in [-0.2, 0) is 0 Å². The maximum Gasteiger partial charge on any atom is 0.284 e. The lowest BCUT2D eigenvalue weighted by Crippen LogP contribution is -1.91. The predicted molar refractivity (Wildman–Crippen MR) is 77.9 cm³/mol. The number of H-pyrrole nitrogens is 1. The van der Waals surface area contributed by atoms with Gasteiger partial charge in [-0.2, -0.15) is 0 Å². The van der Waals surface area contributed by atoms with Gasteiger partial charge in [-0.15, -0.1) is 16.4 Å². The van der Waals surface area contributed by atoms with Crippen molar-refractivity contribution in [3.63, 3.8) is 0 Å². The normalized spacial score (nSPS) is 11.2. The Hall–Kier alpha value is -1.93. The third kappa shape index (κ3) is 2.39. The first-order chi connectivity index (χ1) is 9.65. The average molecular weight is 305 g/mol. The molecule has 0 saturated heterocycles. The summed E-state index contributed by atoms with van der Waals surface area (Å²) in [7, 11) is 0. The second kappa shape index (κ2) is 5.22. The third-order valence-corrected chi connectivity index (χ3v) is 3.87. The first-order valence-electron chi connectivity index (χ1n) is 5.98. The van der Waals surface area contributed by atoms with Gasteiger partial charge in [0.25, 0.3) is 10.7 Å². The summed E-state index contributed by atoms with van der Waals surface area (Å²) in [6, 6.07) is 0. The molecule has 3 aromatic heterocycles. The zero-order valence-corrected chi connectivity index (χ0v) is 12.5. The molecule has 0 spiro atoms. The van der Waals surface area contributed by atoms with Crippen molar-refractivity contribution < 1.29 is 4.42 Å². The van der Waals surface area contributed by atoms with Gasteiger partial charge in [0.05, 0.1) is 11.9 Å². The van der Waals surface area contributed by atoms with Gasteiger partial charge in [-0.05, 0) is 18.1 Å². The highest BCUT2D eigenvalue weighted by atomic mass is 32.1. The fraction of sp³-hybridized carbons (Fsp3) is 0.250. The van der Waals surface area contributed by atoms with Crippen LogP contribution in [0.5, 0.6) is 0 Å². The van der Waals surface area contributed by atoms with Gasteiger partial charge >= 0.3 is 0 Å². The Morgan fingerprint density at radius 1 is 1.35 bits per heavy atom. The molecule has 0 saturated carbocycles. The maximum absolute atomic E-state index is 5.39. The van der Waals surface area contributed by atoms with Crippen molar-refractivity contribution in [1.29, 1.82) is 0 Å². The molecule has 3 rings (SSSR count). The molecule has 3 aromatic rings. The first-order valence-corrected chi connectivity index (χ1v) is 7.20. The first kappa shape index (κ1) is 13.1. The van der Waals surface area contributed by atoms with E-state index in [1.807, 2.05) is 0 Å². The zero-order valence-electron chi connectivity index (χ0n) is 10.8. The summed E-state index contributed by atoms with van der Waals surface area (Å²) < 4.78 is 5.39. The van der Waals surface area contributed by atoms with Crippen LogP contribution >= 0.6 is 23.6 Å². The van der Waals surface area contributed by atoms with Gasteiger partial charge in [-0.25, -0.2) is 10.1 Å². The van der Waals surface area contributed by atoms with Gasteiger partial charge in [0, 0.05) is 12.4 Å². The SMILES string of the molecule is CC(C)c1nc(-c2cnccn2)sc1-c1n[nH]c(=S)o1. The minimum atomic E-state index is 0.243. The minimum absolute atomic E-state index is 0.243. The molecule has 20 heavy (non-hydrogen) atoms. The molecule has 0 aliphatic carbocycles. The molecule has 0 atom stereocenters. The summed E-state index contributed by atoms with van der Waals surface area (Å²) in [5.74, 6) is 0.707. The van der Waals surface area contributed by atoms with E-state index in [9.17, 15) is 0 Å². The summed E-state index contributed by atoms with van der Waals surface area (Å²) in [5.41, 5.74) is 1.65. The van der Waals surface area contributed by atoms with Crippen molar-refractivity contribution in [2.24, 2.45) is 0 Å². The van der Waals surface area contributed by atoms with Crippen LogP contribution in [-0.4, -0.2) is 25.1 Å². The van der Waals surface area contributed by atoms with Gasteiger partial charge in [-0.3, -0.25) is 9.97 Å². The number of nitrogens with zero attached hydrogens (tertiary/aromatic N) is 4. The topological polar surface area (TPSA) is 80.5 Å². The van der Waals surface area contributed by atoms with Crippen LogP contribution in [0, 0.1) is 4.84 Å². The standard InChI is InChI=1S/C12H11N5OS2/c1-6(2)8-9(10-16-17-12(19)18-10)20-11(15-8)7-5-13-3-4-14-7/h3-6H,1-2H3,(H,17,19). The zero-order chi connectivity index (χ0) is 14.1. The van der Waals surface area contributed by atoms with E-state index in [0.29, 0.717) is 5.89 Å². The molecule has 0 radical (unpaired) electrons. The number of aromatic nitrogens is 5. The lowest BCUT2D eigenvalue weighted by atomic mass is 10.1. The molecule has 1 N–H and O–H groups in total. The second-order valence-corrected chi connectivity index (χ2v) is 5.77. The van der Waals surface area contributed by atoms with E-state index in [1.165, 1.54) is 11.3 Å². The maximum atomic E-state index is 5.39. The largest absolute Gasteiger partial charge is 0.408 e. The summed E-state index contributed by atoms with van der Waals surface area (Å²) in [6.45, 7) is 4.14. The molecule has 0 bridgehead atoms. The van der Waals surface area contributed by atoms with Crippen molar-refractivity contribution in [2.45, 2.75) is 19.8 Å². The molecule has 102 valence electrons. The summed E-state index contributed by atoms with van der Waals surface area (Å²) >= 11 is 6.39. The number of nitrogens with one attached hydrogen (secondary N) is 1. The molecular formula is C12H11N5OS2. The lowest BCUT2D eigenvalue weighted by molar-refractivity contribution is 0.552. The number of hydrogen-bond donors (Lipinski definition) is 1. The van der Waals surface area contributed by atoms with Crippen LogP contribution in [0.1, 0.15) is 25.5 Å². The highest BCUT2D eigenvalue weighted by molar-refractivity contribution is 7.71. The minimum Gasteiger partial charge on any atom is -0.408 e. The van der Waals surface area contributed by atoms with Crippen molar-refractivity contribution in [3.05, 3.63) is 29.1 Å². The highest BCUT2D eigenvalue weighted by Gasteiger charge is 2.20. The van der Waals surface area contributed by atoms with Crippen molar-refractivity contribution >= 4 is 23.6 Å². The Morgan fingerprint density at radius 3 is 2.80 bits per heavy atom. The Labute approximate surface area is 124 Å². The van der Waals surface area contributed by atoms with E-state index in [0.717, 1.165) is 21.3 Å². The molecule has 0 unspecified atom stereocenters. The highest BCUT2D eigenvalue weighted by Crippen LogP contribution is 2.36. The van der Waals surface area contributed by atoms with E-state index in [4.69, 9.17) is 16.6 Å². The number of rotatable bonds is 3. The quantitative estimate of drug-likeness (QED) is 0.747. The molecule has 0 amide bonds. The van der Waals surface area contributed by atoms with E-state index in [1.54, 1.807) is 18.6 Å². The molecule has 3 heterocycles. The molecule has 0 aliphatic rings. The number of thiazole rings is 1. The Morgan fingerprint density at radius 2 is 2.20 bits per heavy atom. The van der Waals surface area contributed by atoms with Gasteiger partial charge in [-0.1, -0.05) is 13.8 Å². The monoisotopic (exact) mass is 305 g/mol. The van der Waals surface area contributed by atoms with Crippen LogP contribution in [0.15, 0.2) is 23.0 Å². The van der Waals surface area contributed by atoms with E-state index in [2.05, 4.69) is 39.0 Å². The molecule has 0 fully saturated rings. The number of aromatic amines is 1.